The quantitative estimate of drug-likeness (QED) is 0.408. The molecular weight excluding hydrogens is 158 g/mol. The summed E-state index contributed by atoms with van der Waals surface area (Å²) in [5.74, 6) is 0. The van der Waals surface area contributed by atoms with Crippen molar-refractivity contribution in [2.24, 2.45) is 0 Å². The molecule has 4 nitrogen and oxygen atoms in total. The van der Waals surface area contributed by atoms with Gasteiger partial charge in [-0.2, -0.15) is 0 Å². The van der Waals surface area contributed by atoms with Crippen molar-refractivity contribution in [3.63, 3.8) is 0 Å². The zero-order valence-electron chi connectivity index (χ0n) is 7.53. The zero-order chi connectivity index (χ0) is 9.45. The maximum Gasteiger partial charge on any atom is 0.180 e. The van der Waals surface area contributed by atoms with Crippen molar-refractivity contribution in [2.45, 2.75) is 19.3 Å². The molecule has 0 aromatic rings. The van der Waals surface area contributed by atoms with Gasteiger partial charge in [0.15, 0.2) is 6.73 Å². The van der Waals surface area contributed by atoms with Gasteiger partial charge in [0.1, 0.15) is 0 Å². The molecule has 0 spiro atoms. The first-order chi connectivity index (χ1) is 5.68. The van der Waals surface area contributed by atoms with Gasteiger partial charge in [-0.15, -0.1) is 0 Å². The van der Waals surface area contributed by atoms with Crippen molar-refractivity contribution < 1.29 is 19.5 Å². The summed E-state index contributed by atoms with van der Waals surface area (Å²) < 4.78 is 0.875. The van der Waals surface area contributed by atoms with Gasteiger partial charge in [-0.25, -0.2) is 0 Å². The number of hydrogen-bond donors (Lipinski definition) is 1. The summed E-state index contributed by atoms with van der Waals surface area (Å²) in [6.45, 7) is 2.15. The molecule has 0 unspecified atom stereocenters. The van der Waals surface area contributed by atoms with Gasteiger partial charge >= 0.3 is 0 Å². The zero-order valence-corrected chi connectivity index (χ0v) is 7.53. The molecule has 1 aliphatic rings. The first-order valence-corrected chi connectivity index (χ1v) is 4.18. The maximum atomic E-state index is 8.92. The number of likely N-dealkylation sites (tertiary alicyclic amines) is 1. The standard InChI is InChI=1S/C7H16NO.CH2O2/c1-8(7-9)5-3-2-4-6-8;2-1-3/h9H,2-7H2,1H3;1H,(H,2,3)/q+1;/p-1. The summed E-state index contributed by atoms with van der Waals surface area (Å²) >= 11 is 0. The van der Waals surface area contributed by atoms with Crippen LogP contribution in [-0.4, -0.2) is 42.9 Å². The molecule has 0 aromatic carbocycles. The highest BCUT2D eigenvalue weighted by atomic mass is 16.3. The second-order valence-electron chi connectivity index (χ2n) is 3.37. The lowest BCUT2D eigenvalue weighted by atomic mass is 10.1. The van der Waals surface area contributed by atoms with Crippen LogP contribution in [-0.2, 0) is 4.79 Å². The average Bonchev–Trinajstić information content (AvgIpc) is 2.07. The van der Waals surface area contributed by atoms with Crippen LogP contribution in [0.4, 0.5) is 0 Å². The number of nitrogens with zero attached hydrogens (tertiary/aromatic N) is 1. The average molecular weight is 175 g/mol. The van der Waals surface area contributed by atoms with Crippen molar-refractivity contribution in [1.29, 1.82) is 0 Å². The van der Waals surface area contributed by atoms with Crippen molar-refractivity contribution in [1.82, 2.24) is 0 Å². The summed E-state index contributed by atoms with van der Waals surface area (Å²) in [5.41, 5.74) is 0. The van der Waals surface area contributed by atoms with Gasteiger partial charge in [-0.05, 0) is 19.3 Å². The van der Waals surface area contributed by atoms with E-state index in [1.54, 1.807) is 0 Å². The molecule has 1 saturated heterocycles. The molecule has 72 valence electrons. The molecule has 0 radical (unpaired) electrons. The van der Waals surface area contributed by atoms with E-state index in [0.29, 0.717) is 6.73 Å². The Labute approximate surface area is 73.0 Å². The van der Waals surface area contributed by atoms with Crippen LogP contribution in [0.5, 0.6) is 0 Å². The first-order valence-electron chi connectivity index (χ1n) is 4.18. The predicted octanol–water partition coefficient (Wildman–Crippen LogP) is -1.07. The number of rotatable bonds is 1. The smallest absolute Gasteiger partial charge is 0.180 e. The highest BCUT2D eigenvalue weighted by Crippen LogP contribution is 2.14. The molecule has 0 atom stereocenters. The number of aliphatic hydroxyl groups excluding tert-OH is 1. The number of aliphatic hydroxyl groups is 1. The van der Waals surface area contributed by atoms with Crippen molar-refractivity contribution in [3.8, 4) is 0 Å². The lowest BCUT2D eigenvalue weighted by Gasteiger charge is -2.35. The summed E-state index contributed by atoms with van der Waals surface area (Å²) in [5, 5.41) is 17.2. The molecule has 1 fully saturated rings. The van der Waals surface area contributed by atoms with E-state index in [1.165, 1.54) is 19.3 Å². The number of hydrogen-bond acceptors (Lipinski definition) is 3. The monoisotopic (exact) mass is 175 g/mol. The van der Waals surface area contributed by atoms with Gasteiger partial charge in [0, 0.05) is 6.47 Å². The van der Waals surface area contributed by atoms with Crippen LogP contribution < -0.4 is 5.11 Å². The Balaban J connectivity index is 0.000000354. The minimum atomic E-state index is -0.500. The summed E-state index contributed by atoms with van der Waals surface area (Å²) in [4.78, 5) is 8.25. The second-order valence-corrected chi connectivity index (χ2v) is 3.37. The Bertz CT molecular complexity index is 121. The Morgan fingerprint density at radius 3 is 2.08 bits per heavy atom. The van der Waals surface area contributed by atoms with Crippen molar-refractivity contribution in [2.75, 3.05) is 26.9 Å². The number of quaternary nitrogens is 1. The van der Waals surface area contributed by atoms with Gasteiger partial charge in [0.2, 0.25) is 0 Å². The SMILES string of the molecule is C[N+]1(CO)CCCCC1.O=C[O-]. The fourth-order valence-electron chi connectivity index (χ4n) is 1.42. The van der Waals surface area contributed by atoms with E-state index in [4.69, 9.17) is 15.0 Å². The first kappa shape index (κ1) is 11.4. The van der Waals surface area contributed by atoms with E-state index < -0.39 is 6.47 Å². The maximum absolute atomic E-state index is 8.92. The Morgan fingerprint density at radius 2 is 1.83 bits per heavy atom. The molecule has 0 aromatic heterocycles. The number of carboxylic acid groups (broad SMARTS) is 1. The summed E-state index contributed by atoms with van der Waals surface area (Å²) in [6, 6.07) is 0. The van der Waals surface area contributed by atoms with Gasteiger partial charge in [-0.3, -0.25) is 0 Å². The molecule has 12 heavy (non-hydrogen) atoms. The largest absolute Gasteiger partial charge is 0.554 e. The van der Waals surface area contributed by atoms with Crippen molar-refractivity contribution in [3.05, 3.63) is 0 Å². The van der Waals surface area contributed by atoms with E-state index in [9.17, 15) is 0 Å². The van der Waals surface area contributed by atoms with Crippen LogP contribution in [0.15, 0.2) is 0 Å². The van der Waals surface area contributed by atoms with Crippen LogP contribution in [0.1, 0.15) is 19.3 Å². The van der Waals surface area contributed by atoms with Crippen LogP contribution in [0.2, 0.25) is 0 Å². The fraction of sp³-hybridized carbons (Fsp3) is 0.875. The van der Waals surface area contributed by atoms with E-state index in [1.807, 2.05) is 0 Å². The number of carbonyl (C=O) groups is 1. The minimum Gasteiger partial charge on any atom is -0.554 e. The lowest BCUT2D eigenvalue weighted by molar-refractivity contribution is -0.931. The molecule has 1 N–H and O–H groups in total. The van der Waals surface area contributed by atoms with Gasteiger partial charge in [0.25, 0.3) is 0 Å². The van der Waals surface area contributed by atoms with E-state index >= 15 is 0 Å². The predicted molar refractivity (Wildman–Crippen MR) is 42.9 cm³/mol. The van der Waals surface area contributed by atoms with Crippen LogP contribution >= 0.6 is 0 Å². The molecule has 0 aliphatic carbocycles. The van der Waals surface area contributed by atoms with Crippen LogP contribution in [0, 0.1) is 0 Å². The molecule has 0 amide bonds. The van der Waals surface area contributed by atoms with E-state index in [0.717, 1.165) is 17.6 Å². The van der Waals surface area contributed by atoms with E-state index in [2.05, 4.69) is 7.05 Å². The van der Waals surface area contributed by atoms with Gasteiger partial charge in [0.05, 0.1) is 20.1 Å². The van der Waals surface area contributed by atoms with Gasteiger partial charge < -0.3 is 19.5 Å². The third-order valence-electron chi connectivity index (χ3n) is 2.24. The lowest BCUT2D eigenvalue weighted by Crippen LogP contribution is -2.48. The molecule has 1 rings (SSSR count). The summed E-state index contributed by atoms with van der Waals surface area (Å²) in [6.07, 6.45) is 3.93. The van der Waals surface area contributed by atoms with Crippen LogP contribution in [0.25, 0.3) is 0 Å². The molecule has 4 heteroatoms. The molecule has 0 bridgehead atoms. The molecular formula is C8H17NO3. The number of piperidine rings is 1. The Morgan fingerprint density at radius 1 is 1.42 bits per heavy atom. The Hall–Kier alpha value is -0.610. The molecule has 0 saturated carbocycles. The Kier molecular flexibility index (Phi) is 5.66. The fourth-order valence-corrected chi connectivity index (χ4v) is 1.42. The topological polar surface area (TPSA) is 60.4 Å². The normalized spacial score (nSPS) is 20.5. The minimum absolute atomic E-state index is 0.319. The van der Waals surface area contributed by atoms with E-state index in [-0.39, 0.29) is 0 Å². The molecule has 1 heterocycles. The third kappa shape index (κ3) is 4.31. The number of carbonyl (C=O) groups excluding carboxylic acids is 1. The third-order valence-corrected chi connectivity index (χ3v) is 2.24. The second kappa shape index (κ2) is 5.97. The van der Waals surface area contributed by atoms with Crippen molar-refractivity contribution >= 4 is 6.47 Å². The highest BCUT2D eigenvalue weighted by Gasteiger charge is 2.22. The van der Waals surface area contributed by atoms with Gasteiger partial charge in [-0.1, -0.05) is 0 Å². The molecule has 1 aliphatic heterocycles. The van der Waals surface area contributed by atoms with Crippen LogP contribution in [0.3, 0.4) is 0 Å². The summed E-state index contributed by atoms with van der Waals surface area (Å²) in [7, 11) is 2.12. The highest BCUT2D eigenvalue weighted by molar-refractivity contribution is 5.29.